The van der Waals surface area contributed by atoms with Gasteiger partial charge in [-0.15, -0.1) is 0 Å². The van der Waals surface area contributed by atoms with Crippen molar-refractivity contribution in [2.75, 3.05) is 13.2 Å². The molecule has 1 aliphatic rings. The first kappa shape index (κ1) is 15.3. The summed E-state index contributed by atoms with van der Waals surface area (Å²) in [5.74, 6) is 1.48. The maximum Gasteiger partial charge on any atom is 0.119 e. The number of benzene rings is 2. The lowest BCUT2D eigenvalue weighted by atomic mass is 9.94. The average molecular weight is 320 g/mol. The number of fused-ring (bicyclic) bond motifs is 3. The molecular weight excluding hydrogens is 296 g/mol. The highest BCUT2D eigenvalue weighted by Gasteiger charge is 2.25. The number of aromatic nitrogens is 1. The number of ether oxygens (including phenoxy) is 1. The Bertz CT molecular complexity index is 850. The summed E-state index contributed by atoms with van der Waals surface area (Å²) < 4.78 is 5.91. The van der Waals surface area contributed by atoms with Crippen molar-refractivity contribution in [3.63, 3.8) is 0 Å². The van der Waals surface area contributed by atoms with Crippen molar-refractivity contribution >= 4 is 10.9 Å². The molecule has 1 aromatic heterocycles. The molecule has 0 aliphatic carbocycles. The molecule has 0 spiro atoms. The van der Waals surface area contributed by atoms with Gasteiger partial charge in [0.25, 0.3) is 0 Å². The Kier molecular flexibility index (Phi) is 4.03. The number of nitrogens with one attached hydrogen (secondary N) is 2. The smallest absolute Gasteiger partial charge is 0.119 e. The third-order valence-electron chi connectivity index (χ3n) is 4.63. The van der Waals surface area contributed by atoms with Gasteiger partial charge < -0.3 is 15.0 Å². The van der Waals surface area contributed by atoms with Crippen LogP contribution in [0.5, 0.6) is 5.75 Å². The second kappa shape index (κ2) is 6.33. The molecule has 0 radical (unpaired) electrons. The molecule has 1 atom stereocenters. The Morgan fingerprint density at radius 2 is 2.00 bits per heavy atom. The maximum atomic E-state index is 5.91. The van der Waals surface area contributed by atoms with Crippen molar-refractivity contribution in [3.8, 4) is 5.75 Å². The summed E-state index contributed by atoms with van der Waals surface area (Å²) in [6, 6.07) is 17.3. The van der Waals surface area contributed by atoms with Gasteiger partial charge in [0.2, 0.25) is 0 Å². The van der Waals surface area contributed by atoms with E-state index in [0.29, 0.717) is 5.92 Å². The van der Waals surface area contributed by atoms with E-state index in [1.807, 2.05) is 6.07 Å². The summed E-state index contributed by atoms with van der Waals surface area (Å²) in [6.07, 6.45) is 1.07. The number of para-hydroxylation sites is 1. The highest BCUT2D eigenvalue weighted by atomic mass is 16.5. The van der Waals surface area contributed by atoms with Crippen LogP contribution >= 0.6 is 0 Å². The molecule has 0 saturated carbocycles. The zero-order valence-electron chi connectivity index (χ0n) is 14.3. The second-order valence-electron chi connectivity index (χ2n) is 6.98. The van der Waals surface area contributed by atoms with Crippen molar-refractivity contribution in [2.24, 2.45) is 5.92 Å². The molecule has 1 unspecified atom stereocenters. The van der Waals surface area contributed by atoms with Crippen LogP contribution in [0.25, 0.3) is 10.9 Å². The minimum atomic E-state index is 0.198. The van der Waals surface area contributed by atoms with E-state index in [4.69, 9.17) is 4.74 Å². The second-order valence-corrected chi connectivity index (χ2v) is 6.98. The molecule has 2 heterocycles. The van der Waals surface area contributed by atoms with Gasteiger partial charge in [0.05, 0.1) is 12.6 Å². The third-order valence-corrected chi connectivity index (χ3v) is 4.63. The van der Waals surface area contributed by atoms with Crippen LogP contribution in [0.3, 0.4) is 0 Å². The van der Waals surface area contributed by atoms with Gasteiger partial charge in [-0.2, -0.15) is 0 Å². The normalized spacial score (nSPS) is 17.2. The number of hydrogen-bond acceptors (Lipinski definition) is 2. The molecule has 0 fully saturated rings. The molecule has 0 bridgehead atoms. The van der Waals surface area contributed by atoms with Crippen LogP contribution in [0.1, 0.15) is 36.7 Å². The van der Waals surface area contributed by atoms with E-state index in [2.05, 4.69) is 66.6 Å². The Morgan fingerprint density at radius 3 is 2.88 bits per heavy atom. The molecule has 0 amide bonds. The van der Waals surface area contributed by atoms with Gasteiger partial charge in [0.15, 0.2) is 0 Å². The van der Waals surface area contributed by atoms with Crippen molar-refractivity contribution in [2.45, 2.75) is 26.3 Å². The van der Waals surface area contributed by atoms with Gasteiger partial charge in [0.1, 0.15) is 5.75 Å². The summed E-state index contributed by atoms with van der Waals surface area (Å²) in [6.45, 7) is 6.09. The molecule has 3 nitrogen and oxygen atoms in total. The van der Waals surface area contributed by atoms with Gasteiger partial charge in [-0.25, -0.2) is 0 Å². The summed E-state index contributed by atoms with van der Waals surface area (Å²) in [4.78, 5) is 3.63. The first-order valence-corrected chi connectivity index (χ1v) is 8.78. The Hall–Kier alpha value is -2.26. The Balaban J connectivity index is 1.70. The minimum absolute atomic E-state index is 0.198. The fourth-order valence-electron chi connectivity index (χ4n) is 3.51. The van der Waals surface area contributed by atoms with Crippen molar-refractivity contribution in [1.29, 1.82) is 0 Å². The molecule has 3 heteroatoms. The van der Waals surface area contributed by atoms with Crippen molar-refractivity contribution < 1.29 is 4.74 Å². The standard InChI is InChI=1S/C21H24N2O/c1-14(2)13-24-16-7-5-6-15(12-16)20-21-18(10-11-22-20)17-8-3-4-9-19(17)23-21/h3-9,12,14,20,22-23H,10-11,13H2,1-2H3. The lowest BCUT2D eigenvalue weighted by molar-refractivity contribution is 0.270. The van der Waals surface area contributed by atoms with E-state index in [-0.39, 0.29) is 6.04 Å². The minimum Gasteiger partial charge on any atom is -0.493 e. The summed E-state index contributed by atoms with van der Waals surface area (Å²) >= 11 is 0. The molecule has 2 N–H and O–H groups in total. The van der Waals surface area contributed by atoms with Gasteiger partial charge in [0, 0.05) is 23.1 Å². The van der Waals surface area contributed by atoms with E-state index in [1.165, 1.54) is 27.7 Å². The number of rotatable bonds is 4. The number of hydrogen-bond donors (Lipinski definition) is 2. The van der Waals surface area contributed by atoms with Gasteiger partial charge in [-0.1, -0.05) is 44.2 Å². The van der Waals surface area contributed by atoms with Gasteiger partial charge >= 0.3 is 0 Å². The van der Waals surface area contributed by atoms with Crippen molar-refractivity contribution in [1.82, 2.24) is 10.3 Å². The largest absolute Gasteiger partial charge is 0.493 e. The van der Waals surface area contributed by atoms with Crippen molar-refractivity contribution in [3.05, 3.63) is 65.4 Å². The van der Waals surface area contributed by atoms with Crippen LogP contribution < -0.4 is 10.1 Å². The molecule has 0 saturated heterocycles. The fourth-order valence-corrected chi connectivity index (χ4v) is 3.51. The quantitative estimate of drug-likeness (QED) is 0.746. The number of H-pyrrole nitrogens is 1. The lowest BCUT2D eigenvalue weighted by Gasteiger charge is -2.25. The Labute approximate surface area is 143 Å². The maximum absolute atomic E-state index is 5.91. The summed E-state index contributed by atoms with van der Waals surface area (Å²) in [5, 5.41) is 5.01. The monoisotopic (exact) mass is 320 g/mol. The first-order chi connectivity index (χ1) is 11.7. The first-order valence-electron chi connectivity index (χ1n) is 8.78. The summed E-state index contributed by atoms with van der Waals surface area (Å²) in [7, 11) is 0. The predicted octanol–water partition coefficient (Wildman–Crippen LogP) is 4.44. The molecule has 3 aromatic rings. The van der Waals surface area contributed by atoms with Crippen LogP contribution in [0.4, 0.5) is 0 Å². The average Bonchev–Trinajstić information content (AvgIpc) is 2.99. The van der Waals surface area contributed by atoms with E-state index < -0.39 is 0 Å². The predicted molar refractivity (Wildman–Crippen MR) is 98.6 cm³/mol. The van der Waals surface area contributed by atoms with Gasteiger partial charge in [-0.05, 0) is 41.7 Å². The highest BCUT2D eigenvalue weighted by molar-refractivity contribution is 5.85. The molecular formula is C21H24N2O. The van der Waals surface area contributed by atoms with E-state index in [9.17, 15) is 0 Å². The number of aromatic amines is 1. The lowest BCUT2D eigenvalue weighted by Crippen LogP contribution is -2.30. The van der Waals surface area contributed by atoms with Crippen LogP contribution in [0, 0.1) is 5.92 Å². The highest BCUT2D eigenvalue weighted by Crippen LogP contribution is 2.34. The molecule has 124 valence electrons. The summed E-state index contributed by atoms with van der Waals surface area (Å²) in [5.41, 5.74) is 5.22. The molecule has 1 aliphatic heterocycles. The molecule has 24 heavy (non-hydrogen) atoms. The topological polar surface area (TPSA) is 37.0 Å². The fraction of sp³-hybridized carbons (Fsp3) is 0.333. The van der Waals surface area contributed by atoms with Crippen LogP contribution in [0.15, 0.2) is 48.5 Å². The Morgan fingerprint density at radius 1 is 1.12 bits per heavy atom. The molecule has 2 aromatic carbocycles. The zero-order chi connectivity index (χ0) is 16.5. The third kappa shape index (κ3) is 2.80. The SMILES string of the molecule is CC(C)COc1cccc(C2NCCc3c2[nH]c2ccccc32)c1. The van der Waals surface area contributed by atoms with Crippen LogP contribution in [0.2, 0.25) is 0 Å². The molecule has 4 rings (SSSR count). The van der Waals surface area contributed by atoms with E-state index in [1.54, 1.807) is 0 Å². The zero-order valence-corrected chi connectivity index (χ0v) is 14.3. The van der Waals surface area contributed by atoms with E-state index >= 15 is 0 Å². The van der Waals surface area contributed by atoms with E-state index in [0.717, 1.165) is 25.3 Å². The van der Waals surface area contributed by atoms with Crippen LogP contribution in [-0.4, -0.2) is 18.1 Å². The van der Waals surface area contributed by atoms with Gasteiger partial charge in [-0.3, -0.25) is 0 Å². The van der Waals surface area contributed by atoms with Crippen LogP contribution in [-0.2, 0) is 6.42 Å².